The van der Waals surface area contributed by atoms with Gasteiger partial charge in [-0.15, -0.1) is 13.2 Å². The molecular formula is C10H9F6NO3S. The van der Waals surface area contributed by atoms with Gasteiger partial charge in [-0.3, -0.25) is 0 Å². The second-order valence-electron chi connectivity index (χ2n) is 3.99. The Hall–Kier alpha value is -1.49. The van der Waals surface area contributed by atoms with Crippen LogP contribution in [0.5, 0.6) is 5.75 Å². The summed E-state index contributed by atoms with van der Waals surface area (Å²) in [6, 6.07) is 0.905. The summed E-state index contributed by atoms with van der Waals surface area (Å²) in [6.07, 6.45) is -10.4. The zero-order valence-corrected chi connectivity index (χ0v) is 11.4. The summed E-state index contributed by atoms with van der Waals surface area (Å²) in [5.74, 6) is -1.16. The summed E-state index contributed by atoms with van der Waals surface area (Å²) in [5, 5.41) is 0. The number of nitrogens with zero attached hydrogens (tertiary/aromatic N) is 1. The van der Waals surface area contributed by atoms with Crippen LogP contribution in [0, 0.1) is 0 Å². The Balaban J connectivity index is 3.49. The van der Waals surface area contributed by atoms with Crippen molar-refractivity contribution in [3.05, 3.63) is 23.8 Å². The fourth-order valence-corrected chi connectivity index (χ4v) is 2.44. The second kappa shape index (κ2) is 5.37. The molecule has 0 unspecified atom stereocenters. The molecule has 1 aromatic carbocycles. The SMILES string of the molecule is CN(C)S(=O)(=O)c1ccc(OC(F)(F)F)cc1C(F)(F)F. The first-order valence-electron chi connectivity index (χ1n) is 5.14. The van der Waals surface area contributed by atoms with Crippen molar-refractivity contribution in [3.63, 3.8) is 0 Å². The van der Waals surface area contributed by atoms with Crippen LogP contribution in [0.3, 0.4) is 0 Å². The molecule has 0 aliphatic rings. The Kier molecular flexibility index (Phi) is 4.49. The van der Waals surface area contributed by atoms with Crippen molar-refractivity contribution >= 4 is 10.0 Å². The molecule has 4 nitrogen and oxygen atoms in total. The van der Waals surface area contributed by atoms with Gasteiger partial charge in [-0.2, -0.15) is 13.2 Å². The number of halogens is 6. The average molecular weight is 337 g/mol. The highest BCUT2D eigenvalue weighted by Gasteiger charge is 2.39. The molecule has 1 rings (SSSR count). The van der Waals surface area contributed by atoms with Crippen molar-refractivity contribution in [1.82, 2.24) is 4.31 Å². The van der Waals surface area contributed by atoms with Crippen LogP contribution in [0.2, 0.25) is 0 Å². The molecule has 0 atom stereocenters. The van der Waals surface area contributed by atoms with Crippen molar-refractivity contribution in [2.24, 2.45) is 0 Å². The molecule has 0 heterocycles. The highest BCUT2D eigenvalue weighted by molar-refractivity contribution is 7.89. The van der Waals surface area contributed by atoms with Crippen molar-refractivity contribution in [1.29, 1.82) is 0 Å². The summed E-state index contributed by atoms with van der Waals surface area (Å²) in [4.78, 5) is -1.16. The molecule has 0 radical (unpaired) electrons. The average Bonchev–Trinajstić information content (AvgIpc) is 2.24. The first-order valence-corrected chi connectivity index (χ1v) is 6.58. The molecule has 0 N–H and O–H groups in total. The van der Waals surface area contributed by atoms with E-state index >= 15 is 0 Å². The van der Waals surface area contributed by atoms with Gasteiger partial charge in [0.05, 0.1) is 10.5 Å². The molecule has 0 spiro atoms. The minimum atomic E-state index is -5.19. The van der Waals surface area contributed by atoms with Crippen molar-refractivity contribution < 1.29 is 39.5 Å². The third-order valence-electron chi connectivity index (χ3n) is 2.25. The highest BCUT2D eigenvalue weighted by Crippen LogP contribution is 2.38. The van der Waals surface area contributed by atoms with E-state index in [1.807, 2.05) is 0 Å². The van der Waals surface area contributed by atoms with E-state index in [1.165, 1.54) is 0 Å². The Morgan fingerprint density at radius 3 is 1.95 bits per heavy atom. The van der Waals surface area contributed by atoms with Crippen molar-refractivity contribution in [2.45, 2.75) is 17.4 Å². The van der Waals surface area contributed by atoms with Crippen molar-refractivity contribution in [2.75, 3.05) is 14.1 Å². The number of sulfonamides is 1. The van der Waals surface area contributed by atoms with Gasteiger partial charge in [-0.25, -0.2) is 12.7 Å². The van der Waals surface area contributed by atoms with Crippen LogP contribution in [0.15, 0.2) is 23.1 Å². The Morgan fingerprint density at radius 2 is 1.57 bits per heavy atom. The summed E-state index contributed by atoms with van der Waals surface area (Å²) in [7, 11) is -2.48. The van der Waals surface area contributed by atoms with Crippen LogP contribution >= 0.6 is 0 Å². The lowest BCUT2D eigenvalue weighted by atomic mass is 10.2. The molecule has 1 aromatic rings. The third kappa shape index (κ3) is 4.24. The molecular weight excluding hydrogens is 328 g/mol. The van der Waals surface area contributed by atoms with E-state index in [-0.39, 0.29) is 6.07 Å². The lowest BCUT2D eigenvalue weighted by molar-refractivity contribution is -0.274. The number of hydrogen-bond donors (Lipinski definition) is 0. The lowest BCUT2D eigenvalue weighted by Crippen LogP contribution is -2.25. The minimum Gasteiger partial charge on any atom is -0.406 e. The molecule has 0 amide bonds. The van der Waals surface area contributed by atoms with Gasteiger partial charge < -0.3 is 4.74 Å². The predicted molar refractivity (Wildman–Crippen MR) is 59.0 cm³/mol. The van der Waals surface area contributed by atoms with E-state index in [0.29, 0.717) is 16.4 Å². The quantitative estimate of drug-likeness (QED) is 0.797. The van der Waals surface area contributed by atoms with E-state index in [9.17, 15) is 34.8 Å². The molecule has 0 aromatic heterocycles. The minimum absolute atomic E-state index is 0.0100. The molecule has 0 fully saturated rings. The van der Waals surface area contributed by atoms with Gasteiger partial charge in [-0.1, -0.05) is 0 Å². The first kappa shape index (κ1) is 17.6. The fourth-order valence-electron chi connectivity index (χ4n) is 1.35. The van der Waals surface area contributed by atoms with E-state index < -0.39 is 38.8 Å². The Labute approximate surface area is 116 Å². The maximum absolute atomic E-state index is 12.8. The van der Waals surface area contributed by atoms with Gasteiger partial charge in [0.15, 0.2) is 0 Å². The van der Waals surface area contributed by atoms with E-state index in [2.05, 4.69) is 4.74 Å². The van der Waals surface area contributed by atoms with E-state index in [0.717, 1.165) is 14.1 Å². The third-order valence-corrected chi connectivity index (χ3v) is 4.12. The summed E-state index contributed by atoms with van der Waals surface area (Å²) >= 11 is 0. The maximum atomic E-state index is 12.8. The van der Waals surface area contributed by atoms with Gasteiger partial charge in [-0.05, 0) is 18.2 Å². The second-order valence-corrected chi connectivity index (χ2v) is 6.11. The van der Waals surface area contributed by atoms with Gasteiger partial charge in [0, 0.05) is 14.1 Å². The normalized spacial score (nSPS) is 13.6. The van der Waals surface area contributed by atoms with Gasteiger partial charge in [0.25, 0.3) is 0 Å². The number of benzene rings is 1. The molecule has 0 aliphatic heterocycles. The van der Waals surface area contributed by atoms with Crippen LogP contribution in [0.1, 0.15) is 5.56 Å². The number of alkyl halides is 6. The molecule has 120 valence electrons. The standard InChI is InChI=1S/C10H9F6NO3S/c1-17(2)21(18,19)8-4-3-6(20-10(14,15)16)5-7(8)9(11,12)13/h3-5H,1-2H3. The van der Waals surface area contributed by atoms with Crippen LogP contribution in [0.25, 0.3) is 0 Å². The first-order chi connectivity index (χ1) is 9.25. The lowest BCUT2D eigenvalue weighted by Gasteiger charge is -2.18. The highest BCUT2D eigenvalue weighted by atomic mass is 32.2. The molecule has 11 heteroatoms. The Morgan fingerprint density at radius 1 is 1.05 bits per heavy atom. The van der Waals surface area contributed by atoms with Gasteiger partial charge in [0.1, 0.15) is 5.75 Å². The summed E-state index contributed by atoms with van der Waals surface area (Å²) < 4.78 is 102. The van der Waals surface area contributed by atoms with Crippen LogP contribution < -0.4 is 4.74 Å². The fraction of sp³-hybridized carbons (Fsp3) is 0.400. The van der Waals surface area contributed by atoms with E-state index in [4.69, 9.17) is 0 Å². The zero-order valence-electron chi connectivity index (χ0n) is 10.6. The van der Waals surface area contributed by atoms with Crippen molar-refractivity contribution in [3.8, 4) is 5.75 Å². The van der Waals surface area contributed by atoms with E-state index in [1.54, 1.807) is 0 Å². The summed E-state index contributed by atoms with van der Waals surface area (Å²) in [5.41, 5.74) is -1.74. The van der Waals surface area contributed by atoms with Gasteiger partial charge in [0.2, 0.25) is 10.0 Å². The molecule has 0 aliphatic carbocycles. The monoisotopic (exact) mass is 337 g/mol. The number of rotatable bonds is 3. The Bertz CT molecular complexity index is 621. The molecule has 0 saturated heterocycles. The van der Waals surface area contributed by atoms with Crippen LogP contribution in [-0.4, -0.2) is 33.2 Å². The maximum Gasteiger partial charge on any atom is 0.573 e. The number of ether oxygens (including phenoxy) is 1. The zero-order chi connectivity index (χ0) is 16.6. The van der Waals surface area contributed by atoms with Crippen LogP contribution in [-0.2, 0) is 16.2 Å². The molecule has 21 heavy (non-hydrogen) atoms. The number of hydrogen-bond acceptors (Lipinski definition) is 3. The topological polar surface area (TPSA) is 46.6 Å². The van der Waals surface area contributed by atoms with Crippen LogP contribution in [0.4, 0.5) is 26.3 Å². The predicted octanol–water partition coefficient (Wildman–Crippen LogP) is 2.85. The van der Waals surface area contributed by atoms with Gasteiger partial charge >= 0.3 is 12.5 Å². The largest absolute Gasteiger partial charge is 0.573 e. The molecule has 0 saturated carbocycles. The summed E-state index contributed by atoms with van der Waals surface area (Å²) in [6.45, 7) is 0. The molecule has 0 bridgehead atoms. The smallest absolute Gasteiger partial charge is 0.406 e.